The van der Waals surface area contributed by atoms with Crippen LogP contribution in [0.2, 0.25) is 0 Å². The number of nitrogens with one attached hydrogen (secondary N) is 1. The van der Waals surface area contributed by atoms with Crippen molar-refractivity contribution >= 4 is 17.9 Å². The van der Waals surface area contributed by atoms with Gasteiger partial charge in [0, 0.05) is 11.9 Å². The van der Waals surface area contributed by atoms with Crippen LogP contribution in [0.5, 0.6) is 0 Å². The van der Waals surface area contributed by atoms with E-state index in [-0.39, 0.29) is 109 Å². The van der Waals surface area contributed by atoms with Crippen molar-refractivity contribution in [3.8, 4) is 0 Å². The molecule has 0 aromatic heterocycles. The standard InChI is InChI=1S/C3H7NO2.2C2H4O2.2K/c1-4-2-3(5)6;2*1-2(3)4;;/h4H,2H2,1H3,(H,5,6);2*1H3,(H,3,4);;/q;;;2*+1/p-2. The van der Waals surface area contributed by atoms with E-state index in [1.165, 1.54) is 0 Å². The van der Waals surface area contributed by atoms with Gasteiger partial charge in [-0.2, -0.15) is 0 Å². The molecule has 7 nitrogen and oxygen atoms in total. The zero-order chi connectivity index (χ0) is 12.1. The number of rotatable bonds is 2. The van der Waals surface area contributed by atoms with Gasteiger partial charge in [-0.25, -0.2) is 0 Å². The molecule has 84 valence electrons. The maximum absolute atomic E-state index is 9.54. The monoisotopic (exact) mass is 285 g/mol. The van der Waals surface area contributed by atoms with Crippen molar-refractivity contribution in [3.63, 3.8) is 0 Å². The zero-order valence-electron chi connectivity index (χ0n) is 10.2. The fraction of sp³-hybridized carbons (Fsp3) is 0.571. The van der Waals surface area contributed by atoms with E-state index in [0.717, 1.165) is 13.8 Å². The van der Waals surface area contributed by atoms with Gasteiger partial charge in [0.1, 0.15) is 0 Å². The summed E-state index contributed by atoms with van der Waals surface area (Å²) in [6.07, 6.45) is 0. The minimum Gasteiger partial charge on any atom is -0.550 e. The molecule has 0 saturated carbocycles. The summed E-state index contributed by atoms with van der Waals surface area (Å²) >= 11 is 0. The van der Waals surface area contributed by atoms with Gasteiger partial charge >= 0.3 is 109 Å². The second-order valence-corrected chi connectivity index (χ2v) is 1.91. The van der Waals surface area contributed by atoms with Gasteiger partial charge in [0.25, 0.3) is 0 Å². The van der Waals surface area contributed by atoms with E-state index in [1.54, 1.807) is 7.05 Å². The Labute approximate surface area is 179 Å². The molecule has 0 aliphatic heterocycles. The number of carboxylic acids is 3. The van der Waals surface area contributed by atoms with Gasteiger partial charge < -0.3 is 30.2 Å². The molecule has 0 rings (SSSR count). The molecule has 2 N–H and O–H groups in total. The van der Waals surface area contributed by atoms with Crippen LogP contribution in [0.4, 0.5) is 0 Å². The minimum absolute atomic E-state index is 0. The molecule has 0 fully saturated rings. The van der Waals surface area contributed by atoms with E-state index < -0.39 is 17.9 Å². The van der Waals surface area contributed by atoms with Crippen LogP contribution in [-0.4, -0.2) is 36.6 Å². The Hall–Kier alpha value is 1.64. The van der Waals surface area contributed by atoms with E-state index in [9.17, 15) is 4.79 Å². The number of carbonyl (C=O) groups is 3. The molecular formula is C7H13K2NO6. The molecule has 0 aliphatic rings. The summed E-state index contributed by atoms with van der Waals surface area (Å²) < 4.78 is 0. The Kier molecular flexibility index (Phi) is 48.7. The van der Waals surface area contributed by atoms with Crippen LogP contribution in [0, 0.1) is 0 Å². The normalized spacial score (nSPS) is 6.19. The Morgan fingerprint density at radius 3 is 1.25 bits per heavy atom. The van der Waals surface area contributed by atoms with Gasteiger partial charge in [0.05, 0.1) is 6.54 Å². The van der Waals surface area contributed by atoms with Crippen molar-refractivity contribution in [2.75, 3.05) is 13.6 Å². The van der Waals surface area contributed by atoms with Crippen LogP contribution >= 0.6 is 0 Å². The molecular weight excluding hydrogens is 272 g/mol. The largest absolute Gasteiger partial charge is 1.00 e. The first-order valence-corrected chi connectivity index (χ1v) is 3.45. The number of aliphatic carboxylic acids is 3. The van der Waals surface area contributed by atoms with Crippen molar-refractivity contribution in [1.82, 2.24) is 5.32 Å². The number of carboxylic acid groups (broad SMARTS) is 3. The molecule has 0 aliphatic carbocycles. The van der Waals surface area contributed by atoms with E-state index in [2.05, 4.69) is 5.32 Å². The maximum Gasteiger partial charge on any atom is 1.00 e. The molecule has 0 spiro atoms. The summed E-state index contributed by atoms with van der Waals surface area (Å²) in [5.74, 6) is -2.99. The maximum atomic E-state index is 9.54. The third-order valence-corrected chi connectivity index (χ3v) is 0.328. The first-order valence-electron chi connectivity index (χ1n) is 3.45. The van der Waals surface area contributed by atoms with Gasteiger partial charge in [-0.3, -0.25) is 4.79 Å². The summed E-state index contributed by atoms with van der Waals surface area (Å²) in [4.78, 5) is 27.3. The van der Waals surface area contributed by atoms with E-state index >= 15 is 0 Å². The quantitative estimate of drug-likeness (QED) is 0.482. The molecule has 0 bridgehead atoms. The molecule has 0 aromatic rings. The van der Waals surface area contributed by atoms with Gasteiger partial charge in [0.2, 0.25) is 0 Å². The molecule has 0 amide bonds. The predicted molar refractivity (Wildman–Crippen MR) is 42.9 cm³/mol. The minimum atomic E-state index is -1.08. The number of likely N-dealkylation sites (N-methyl/N-ethyl adjacent to an activating group) is 1. The topological polar surface area (TPSA) is 130 Å². The van der Waals surface area contributed by atoms with Gasteiger partial charge in [0.15, 0.2) is 0 Å². The van der Waals surface area contributed by atoms with Crippen LogP contribution < -0.4 is 118 Å². The molecule has 9 heteroatoms. The molecule has 0 aromatic carbocycles. The van der Waals surface area contributed by atoms with Crippen molar-refractivity contribution in [3.05, 3.63) is 0 Å². The zero-order valence-corrected chi connectivity index (χ0v) is 16.4. The summed E-state index contributed by atoms with van der Waals surface area (Å²) in [7, 11) is 1.59. The van der Waals surface area contributed by atoms with Crippen LogP contribution in [0.3, 0.4) is 0 Å². The second-order valence-electron chi connectivity index (χ2n) is 1.91. The fourth-order valence-corrected chi connectivity index (χ4v) is 0.151. The number of hydrogen-bond acceptors (Lipinski definition) is 6. The molecule has 0 heterocycles. The smallest absolute Gasteiger partial charge is 0.550 e. The van der Waals surface area contributed by atoms with Crippen molar-refractivity contribution in [2.24, 2.45) is 0 Å². The van der Waals surface area contributed by atoms with Gasteiger partial charge in [-0.1, -0.05) is 0 Å². The molecule has 0 unspecified atom stereocenters. The Morgan fingerprint density at radius 2 is 1.25 bits per heavy atom. The Balaban J connectivity index is -0.0000000367. The van der Waals surface area contributed by atoms with Crippen LogP contribution in [0.1, 0.15) is 13.8 Å². The van der Waals surface area contributed by atoms with E-state index in [0.29, 0.717) is 0 Å². The summed E-state index contributed by atoms with van der Waals surface area (Å²) in [6.45, 7) is 1.99. The third kappa shape index (κ3) is 156. The van der Waals surface area contributed by atoms with Gasteiger partial charge in [-0.15, -0.1) is 0 Å². The van der Waals surface area contributed by atoms with Crippen molar-refractivity contribution in [2.45, 2.75) is 13.8 Å². The molecule has 0 radical (unpaired) electrons. The fourth-order valence-electron chi connectivity index (χ4n) is 0.151. The Bertz CT molecular complexity index is 168. The van der Waals surface area contributed by atoms with E-state index in [1.807, 2.05) is 0 Å². The van der Waals surface area contributed by atoms with Crippen molar-refractivity contribution in [1.29, 1.82) is 0 Å². The average molecular weight is 285 g/mol. The second kappa shape index (κ2) is 25.5. The first kappa shape index (κ1) is 30.6. The number of carbonyl (C=O) groups excluding carboxylic acids is 2. The van der Waals surface area contributed by atoms with E-state index in [4.69, 9.17) is 24.9 Å². The van der Waals surface area contributed by atoms with Gasteiger partial charge in [-0.05, 0) is 20.9 Å². The molecule has 0 atom stereocenters. The summed E-state index contributed by atoms with van der Waals surface area (Å²) in [5.41, 5.74) is 0. The third-order valence-electron chi connectivity index (χ3n) is 0.328. The first-order chi connectivity index (χ1) is 6.23. The van der Waals surface area contributed by atoms with Crippen molar-refractivity contribution < 1.29 is 132 Å². The van der Waals surface area contributed by atoms with Crippen LogP contribution in [-0.2, 0) is 14.4 Å². The summed E-state index contributed by atoms with van der Waals surface area (Å²) in [5, 5.41) is 28.1. The average Bonchev–Trinajstić information content (AvgIpc) is 1.82. The predicted octanol–water partition coefficient (Wildman–Crippen LogP) is -9.19. The van der Waals surface area contributed by atoms with Crippen LogP contribution in [0.25, 0.3) is 0 Å². The summed E-state index contributed by atoms with van der Waals surface area (Å²) in [6, 6.07) is 0. The number of hydrogen-bond donors (Lipinski definition) is 2. The molecule has 16 heavy (non-hydrogen) atoms. The molecule has 0 saturated heterocycles. The van der Waals surface area contributed by atoms with Crippen LogP contribution in [0.15, 0.2) is 0 Å². The SMILES string of the molecule is CC(=O)[O-].CC(=O)[O-].CNCC(=O)O.[K+].[K+]. The Morgan fingerprint density at radius 1 is 1.06 bits per heavy atom.